The van der Waals surface area contributed by atoms with Crippen molar-refractivity contribution >= 4 is 51.7 Å². The highest BCUT2D eigenvalue weighted by atomic mass is 32.2. The van der Waals surface area contributed by atoms with Gasteiger partial charge in [0, 0.05) is 25.8 Å². The lowest BCUT2D eigenvalue weighted by Crippen LogP contribution is -2.46. The molecular formula is C27H28N4O3S2. The van der Waals surface area contributed by atoms with Gasteiger partial charge >= 0.3 is 0 Å². The minimum Gasteiger partial charge on any atom is -0.372 e. The fraction of sp³-hybridized carbons (Fsp3) is 0.333. The predicted molar refractivity (Wildman–Crippen MR) is 148 cm³/mol. The number of thioether (sulfide) groups is 1. The molecule has 1 aromatic carbocycles. The number of anilines is 1. The summed E-state index contributed by atoms with van der Waals surface area (Å²) in [5, 5.41) is 0. The second-order valence-corrected chi connectivity index (χ2v) is 10.9. The van der Waals surface area contributed by atoms with Gasteiger partial charge in [0.05, 0.1) is 22.7 Å². The predicted octanol–water partition coefficient (Wildman–Crippen LogP) is 4.06. The number of morpholine rings is 1. The summed E-state index contributed by atoms with van der Waals surface area (Å²) < 4.78 is 7.96. The molecule has 7 nitrogen and oxygen atoms in total. The average molecular weight is 521 g/mol. The first-order valence-electron chi connectivity index (χ1n) is 12.0. The van der Waals surface area contributed by atoms with Gasteiger partial charge in [0.25, 0.3) is 11.5 Å². The molecule has 0 saturated carbocycles. The molecule has 0 bridgehead atoms. The van der Waals surface area contributed by atoms with Gasteiger partial charge in [-0.2, -0.15) is 0 Å². The van der Waals surface area contributed by atoms with Crippen molar-refractivity contribution in [2.45, 2.75) is 39.4 Å². The zero-order chi connectivity index (χ0) is 25.4. The van der Waals surface area contributed by atoms with Gasteiger partial charge in [0.2, 0.25) is 0 Å². The van der Waals surface area contributed by atoms with Crippen LogP contribution in [0.15, 0.2) is 58.4 Å². The monoisotopic (exact) mass is 520 g/mol. The summed E-state index contributed by atoms with van der Waals surface area (Å²) in [6.45, 7) is 7.67. The lowest BCUT2D eigenvalue weighted by atomic mass is 10.1. The van der Waals surface area contributed by atoms with Crippen molar-refractivity contribution in [1.29, 1.82) is 0 Å². The number of hydrogen-bond donors (Lipinski definition) is 0. The lowest BCUT2D eigenvalue weighted by molar-refractivity contribution is -0.122. The molecule has 2 saturated heterocycles. The van der Waals surface area contributed by atoms with E-state index < -0.39 is 0 Å². The van der Waals surface area contributed by atoms with E-state index in [9.17, 15) is 9.59 Å². The van der Waals surface area contributed by atoms with E-state index >= 15 is 0 Å². The van der Waals surface area contributed by atoms with Crippen molar-refractivity contribution in [3.8, 4) is 0 Å². The van der Waals surface area contributed by atoms with Gasteiger partial charge in [-0.05, 0) is 50.5 Å². The Morgan fingerprint density at radius 1 is 1.11 bits per heavy atom. The number of rotatable bonds is 5. The molecule has 1 amide bonds. The van der Waals surface area contributed by atoms with Crippen LogP contribution in [0.25, 0.3) is 11.7 Å². The third kappa shape index (κ3) is 4.83. The minimum absolute atomic E-state index is 0.00470. The Kier molecular flexibility index (Phi) is 6.96. The molecule has 4 heterocycles. The van der Waals surface area contributed by atoms with Gasteiger partial charge in [-0.1, -0.05) is 60.4 Å². The van der Waals surface area contributed by atoms with Crippen molar-refractivity contribution in [2.75, 3.05) is 24.5 Å². The summed E-state index contributed by atoms with van der Waals surface area (Å²) in [5.74, 6) is 0.398. The molecule has 5 rings (SSSR count). The molecule has 3 aromatic rings. The van der Waals surface area contributed by atoms with Gasteiger partial charge in [-0.3, -0.25) is 18.9 Å². The number of carbonyl (C=O) groups excluding carboxylic acids is 1. The minimum atomic E-state index is -0.208. The van der Waals surface area contributed by atoms with Crippen LogP contribution in [0.4, 0.5) is 5.82 Å². The SMILES string of the molecule is Cc1cccn2c(=O)c(/C=C3\SC(=S)N(CCc4ccccc4)C3=O)c(N3C[C@@H](C)O[C@@H](C)C3)nc12. The number of aryl methyl sites for hydroxylation is 1. The topological polar surface area (TPSA) is 67.2 Å². The summed E-state index contributed by atoms with van der Waals surface area (Å²) in [6.07, 6.45) is 4.08. The zero-order valence-corrected chi connectivity index (χ0v) is 22.1. The molecule has 0 unspecified atom stereocenters. The van der Waals surface area contributed by atoms with Crippen molar-refractivity contribution in [1.82, 2.24) is 14.3 Å². The van der Waals surface area contributed by atoms with Crippen molar-refractivity contribution in [3.63, 3.8) is 0 Å². The first-order chi connectivity index (χ1) is 17.3. The number of carbonyl (C=O) groups is 1. The van der Waals surface area contributed by atoms with Crippen LogP contribution in [-0.2, 0) is 16.0 Å². The molecule has 2 fully saturated rings. The number of aromatic nitrogens is 2. The fourth-order valence-corrected chi connectivity index (χ4v) is 6.02. The zero-order valence-electron chi connectivity index (χ0n) is 20.5. The van der Waals surface area contributed by atoms with E-state index in [1.54, 1.807) is 21.6 Å². The van der Waals surface area contributed by atoms with E-state index in [4.69, 9.17) is 21.9 Å². The maximum absolute atomic E-state index is 13.7. The van der Waals surface area contributed by atoms with E-state index in [0.29, 0.717) is 52.3 Å². The van der Waals surface area contributed by atoms with E-state index in [1.807, 2.05) is 63.2 Å². The summed E-state index contributed by atoms with van der Waals surface area (Å²) in [5.41, 5.74) is 2.84. The Labute approximate surface area is 219 Å². The van der Waals surface area contributed by atoms with Crippen LogP contribution in [0.3, 0.4) is 0 Å². The number of amides is 1. The lowest BCUT2D eigenvalue weighted by Gasteiger charge is -2.36. The van der Waals surface area contributed by atoms with Crippen LogP contribution >= 0.6 is 24.0 Å². The van der Waals surface area contributed by atoms with Crippen molar-refractivity contribution in [3.05, 3.63) is 80.6 Å². The summed E-state index contributed by atoms with van der Waals surface area (Å²) in [6, 6.07) is 13.8. The van der Waals surface area contributed by atoms with Gasteiger partial charge < -0.3 is 9.64 Å². The molecule has 0 N–H and O–H groups in total. The number of benzene rings is 1. The first-order valence-corrected chi connectivity index (χ1v) is 13.3. The van der Waals surface area contributed by atoms with E-state index in [-0.39, 0.29) is 23.7 Å². The normalized spacial score (nSPS) is 21.7. The summed E-state index contributed by atoms with van der Waals surface area (Å²) >= 11 is 6.78. The van der Waals surface area contributed by atoms with Crippen molar-refractivity contribution < 1.29 is 9.53 Å². The maximum atomic E-state index is 13.7. The van der Waals surface area contributed by atoms with E-state index in [0.717, 1.165) is 11.1 Å². The molecule has 0 spiro atoms. The number of hydrogen-bond acceptors (Lipinski definition) is 7. The molecule has 0 aliphatic carbocycles. The molecule has 9 heteroatoms. The molecule has 2 atom stereocenters. The molecule has 36 heavy (non-hydrogen) atoms. The Balaban J connectivity index is 1.54. The Bertz CT molecular complexity index is 1410. The highest BCUT2D eigenvalue weighted by molar-refractivity contribution is 8.26. The highest BCUT2D eigenvalue weighted by Crippen LogP contribution is 2.34. The highest BCUT2D eigenvalue weighted by Gasteiger charge is 2.33. The third-order valence-corrected chi connectivity index (χ3v) is 7.78. The average Bonchev–Trinajstić information content (AvgIpc) is 3.11. The number of pyridine rings is 1. The van der Waals surface area contributed by atoms with Gasteiger partial charge in [-0.15, -0.1) is 0 Å². The Morgan fingerprint density at radius 3 is 2.56 bits per heavy atom. The molecule has 2 aliphatic rings. The Hall–Kier alpha value is -3.01. The first kappa shape index (κ1) is 24.7. The summed E-state index contributed by atoms with van der Waals surface area (Å²) in [4.78, 5) is 36.2. The molecule has 186 valence electrons. The quantitative estimate of drug-likeness (QED) is 0.371. The smallest absolute Gasteiger partial charge is 0.267 e. The molecule has 2 aromatic heterocycles. The standard InChI is InChI=1S/C27H28N4O3S2/c1-17-8-7-12-30-23(17)28-24(29-15-18(2)34-19(3)16-29)21(25(30)32)14-22-26(33)31(27(35)36-22)13-11-20-9-5-4-6-10-20/h4-10,12,14,18-19H,11,13,15-16H2,1-3H3/b22-14-/t18-,19+. The largest absolute Gasteiger partial charge is 0.372 e. The van der Waals surface area contributed by atoms with Crippen LogP contribution in [0.1, 0.15) is 30.5 Å². The van der Waals surface area contributed by atoms with Crippen LogP contribution in [0.5, 0.6) is 0 Å². The molecule has 0 radical (unpaired) electrons. The Morgan fingerprint density at radius 2 is 1.83 bits per heavy atom. The number of ether oxygens (including phenoxy) is 1. The molecule has 2 aliphatic heterocycles. The second kappa shape index (κ2) is 10.2. The van der Waals surface area contributed by atoms with Gasteiger partial charge in [0.1, 0.15) is 15.8 Å². The fourth-order valence-electron chi connectivity index (χ4n) is 4.73. The maximum Gasteiger partial charge on any atom is 0.267 e. The van der Waals surface area contributed by atoms with Gasteiger partial charge in [-0.25, -0.2) is 4.98 Å². The van der Waals surface area contributed by atoms with Crippen LogP contribution in [0.2, 0.25) is 0 Å². The van der Waals surface area contributed by atoms with Crippen LogP contribution < -0.4 is 10.5 Å². The number of nitrogens with zero attached hydrogens (tertiary/aromatic N) is 4. The number of thiocarbonyl (C=S) groups is 1. The molecular weight excluding hydrogens is 492 g/mol. The van der Waals surface area contributed by atoms with Crippen molar-refractivity contribution in [2.24, 2.45) is 0 Å². The van der Waals surface area contributed by atoms with Crippen LogP contribution in [0, 0.1) is 6.92 Å². The third-order valence-electron chi connectivity index (χ3n) is 6.40. The van der Waals surface area contributed by atoms with Gasteiger partial charge in [0.15, 0.2) is 0 Å². The van der Waals surface area contributed by atoms with E-state index in [2.05, 4.69) is 4.90 Å². The van der Waals surface area contributed by atoms with E-state index in [1.165, 1.54) is 11.8 Å². The number of fused-ring (bicyclic) bond motifs is 1. The second-order valence-electron chi connectivity index (χ2n) is 9.27. The van der Waals surface area contributed by atoms with Crippen LogP contribution in [-0.4, -0.2) is 56.4 Å². The summed E-state index contributed by atoms with van der Waals surface area (Å²) in [7, 11) is 0.